The Kier molecular flexibility index (Phi) is 3.74. The molecule has 0 heterocycles. The lowest BCUT2D eigenvalue weighted by Crippen LogP contribution is -2.34. The van der Waals surface area contributed by atoms with Crippen LogP contribution in [0.2, 0.25) is 0 Å². The van der Waals surface area contributed by atoms with E-state index >= 15 is 0 Å². The van der Waals surface area contributed by atoms with Crippen molar-refractivity contribution in [1.29, 1.82) is 0 Å². The van der Waals surface area contributed by atoms with E-state index in [-0.39, 0.29) is 12.4 Å². The average molecular weight is 307 g/mol. The van der Waals surface area contributed by atoms with Crippen molar-refractivity contribution in [1.82, 2.24) is 0 Å². The van der Waals surface area contributed by atoms with E-state index in [1.54, 1.807) is 13.0 Å². The van der Waals surface area contributed by atoms with E-state index in [1.165, 1.54) is 0 Å². The van der Waals surface area contributed by atoms with Crippen molar-refractivity contribution in [2.24, 2.45) is 5.73 Å². The quantitative estimate of drug-likeness (QED) is 0.742. The SMILES string of the molecule is CC(N)(CCO)c1cc(I)ccc1O. The topological polar surface area (TPSA) is 66.5 Å². The van der Waals surface area contributed by atoms with Crippen molar-refractivity contribution in [2.45, 2.75) is 18.9 Å². The zero-order valence-corrected chi connectivity index (χ0v) is 10.2. The van der Waals surface area contributed by atoms with E-state index < -0.39 is 5.54 Å². The summed E-state index contributed by atoms with van der Waals surface area (Å²) < 4.78 is 1.02. The summed E-state index contributed by atoms with van der Waals surface area (Å²) in [5.74, 6) is 0.184. The van der Waals surface area contributed by atoms with Crippen LogP contribution in [-0.2, 0) is 5.54 Å². The van der Waals surface area contributed by atoms with Crippen LogP contribution in [0.4, 0.5) is 0 Å². The molecular formula is C10H14INO2. The number of aliphatic hydroxyl groups is 1. The van der Waals surface area contributed by atoms with Crippen LogP contribution >= 0.6 is 22.6 Å². The lowest BCUT2D eigenvalue weighted by atomic mass is 9.89. The van der Waals surface area contributed by atoms with Crippen LogP contribution < -0.4 is 5.73 Å². The molecule has 1 rings (SSSR count). The average Bonchev–Trinajstić information content (AvgIpc) is 2.09. The summed E-state index contributed by atoms with van der Waals surface area (Å²) in [6, 6.07) is 5.28. The molecule has 0 aromatic heterocycles. The first-order chi connectivity index (χ1) is 6.47. The predicted octanol–water partition coefficient (Wildman–Crippen LogP) is 1.55. The maximum absolute atomic E-state index is 9.63. The van der Waals surface area contributed by atoms with Gasteiger partial charge in [0, 0.05) is 21.3 Å². The van der Waals surface area contributed by atoms with E-state index in [1.807, 2.05) is 12.1 Å². The minimum absolute atomic E-state index is 0.0118. The molecule has 1 aromatic carbocycles. The molecule has 0 aliphatic rings. The largest absolute Gasteiger partial charge is 0.508 e. The number of rotatable bonds is 3. The van der Waals surface area contributed by atoms with Gasteiger partial charge in [-0.1, -0.05) is 0 Å². The van der Waals surface area contributed by atoms with E-state index in [2.05, 4.69) is 22.6 Å². The summed E-state index contributed by atoms with van der Waals surface area (Å²) >= 11 is 2.16. The molecule has 1 atom stereocenters. The highest BCUT2D eigenvalue weighted by molar-refractivity contribution is 14.1. The molecule has 0 radical (unpaired) electrons. The molecule has 0 aliphatic heterocycles. The number of benzene rings is 1. The Morgan fingerprint density at radius 2 is 2.14 bits per heavy atom. The van der Waals surface area contributed by atoms with Gasteiger partial charge in [0.15, 0.2) is 0 Å². The van der Waals surface area contributed by atoms with Gasteiger partial charge in [0.25, 0.3) is 0 Å². The number of hydrogen-bond acceptors (Lipinski definition) is 3. The van der Waals surface area contributed by atoms with Crippen molar-refractivity contribution in [3.8, 4) is 5.75 Å². The van der Waals surface area contributed by atoms with Crippen molar-refractivity contribution < 1.29 is 10.2 Å². The monoisotopic (exact) mass is 307 g/mol. The summed E-state index contributed by atoms with van der Waals surface area (Å²) in [6.45, 7) is 1.81. The first-order valence-electron chi connectivity index (χ1n) is 4.36. The molecule has 0 bridgehead atoms. The molecule has 0 saturated heterocycles. The molecule has 3 nitrogen and oxygen atoms in total. The van der Waals surface area contributed by atoms with Gasteiger partial charge in [0.05, 0.1) is 0 Å². The molecule has 0 spiro atoms. The molecule has 0 fully saturated rings. The zero-order chi connectivity index (χ0) is 10.8. The summed E-state index contributed by atoms with van der Waals surface area (Å²) in [5.41, 5.74) is 5.99. The van der Waals surface area contributed by atoms with Gasteiger partial charge < -0.3 is 15.9 Å². The van der Waals surface area contributed by atoms with Crippen molar-refractivity contribution in [3.63, 3.8) is 0 Å². The van der Waals surface area contributed by atoms with Gasteiger partial charge >= 0.3 is 0 Å². The number of hydrogen-bond donors (Lipinski definition) is 3. The van der Waals surface area contributed by atoms with Crippen molar-refractivity contribution in [3.05, 3.63) is 27.3 Å². The molecule has 0 saturated carbocycles. The van der Waals surface area contributed by atoms with Crippen LogP contribution in [-0.4, -0.2) is 16.8 Å². The highest BCUT2D eigenvalue weighted by Crippen LogP contribution is 2.30. The molecular weight excluding hydrogens is 293 g/mol. The maximum Gasteiger partial charge on any atom is 0.120 e. The Morgan fingerprint density at radius 3 is 2.71 bits per heavy atom. The van der Waals surface area contributed by atoms with Gasteiger partial charge in [-0.3, -0.25) is 0 Å². The number of nitrogens with two attached hydrogens (primary N) is 1. The highest BCUT2D eigenvalue weighted by Gasteiger charge is 2.23. The van der Waals surface area contributed by atoms with E-state index in [0.29, 0.717) is 12.0 Å². The lowest BCUT2D eigenvalue weighted by Gasteiger charge is -2.25. The van der Waals surface area contributed by atoms with Crippen molar-refractivity contribution in [2.75, 3.05) is 6.61 Å². The van der Waals surface area contributed by atoms with Crippen LogP contribution in [0.3, 0.4) is 0 Å². The normalized spacial score (nSPS) is 15.1. The molecule has 14 heavy (non-hydrogen) atoms. The van der Waals surface area contributed by atoms with Gasteiger partial charge in [-0.15, -0.1) is 0 Å². The highest BCUT2D eigenvalue weighted by atomic mass is 127. The second-order valence-electron chi connectivity index (χ2n) is 3.55. The summed E-state index contributed by atoms with van der Waals surface area (Å²) in [5, 5.41) is 18.5. The fraction of sp³-hybridized carbons (Fsp3) is 0.400. The first-order valence-corrected chi connectivity index (χ1v) is 5.44. The van der Waals surface area contributed by atoms with Gasteiger partial charge in [0.2, 0.25) is 0 Å². The fourth-order valence-electron chi connectivity index (χ4n) is 1.33. The lowest BCUT2D eigenvalue weighted by molar-refractivity contribution is 0.245. The van der Waals surface area contributed by atoms with Crippen LogP contribution in [0, 0.1) is 3.57 Å². The van der Waals surface area contributed by atoms with Gasteiger partial charge in [-0.2, -0.15) is 0 Å². The van der Waals surface area contributed by atoms with Gasteiger partial charge in [-0.25, -0.2) is 0 Å². The fourth-order valence-corrected chi connectivity index (χ4v) is 1.82. The van der Waals surface area contributed by atoms with Crippen LogP contribution in [0.1, 0.15) is 18.9 Å². The van der Waals surface area contributed by atoms with Crippen molar-refractivity contribution >= 4 is 22.6 Å². The molecule has 4 heteroatoms. The van der Waals surface area contributed by atoms with E-state index in [0.717, 1.165) is 3.57 Å². The molecule has 0 aliphatic carbocycles. The number of aliphatic hydroxyl groups excluding tert-OH is 1. The molecule has 78 valence electrons. The molecule has 1 unspecified atom stereocenters. The van der Waals surface area contributed by atoms with Crippen LogP contribution in [0.5, 0.6) is 5.75 Å². The van der Waals surface area contributed by atoms with Gasteiger partial charge in [-0.05, 0) is 54.1 Å². The van der Waals surface area contributed by atoms with Gasteiger partial charge in [0.1, 0.15) is 5.75 Å². The minimum Gasteiger partial charge on any atom is -0.508 e. The Bertz CT molecular complexity index is 326. The molecule has 1 aromatic rings. The summed E-state index contributed by atoms with van der Waals surface area (Å²) in [4.78, 5) is 0. The zero-order valence-electron chi connectivity index (χ0n) is 8.00. The summed E-state index contributed by atoms with van der Waals surface area (Å²) in [6.07, 6.45) is 0.431. The third-order valence-electron chi connectivity index (χ3n) is 2.21. The number of phenolic OH excluding ortho intramolecular Hbond substituents is 1. The standard InChI is InChI=1S/C10H14INO2/c1-10(12,4-5-13)8-6-7(11)2-3-9(8)14/h2-3,6,13-14H,4-5,12H2,1H3. The Morgan fingerprint density at radius 1 is 1.50 bits per heavy atom. The van der Waals surface area contributed by atoms with E-state index in [4.69, 9.17) is 10.8 Å². The number of aromatic hydroxyl groups is 1. The Labute approximate surface area is 97.1 Å². The second kappa shape index (κ2) is 4.46. The van der Waals surface area contributed by atoms with Crippen LogP contribution in [0.15, 0.2) is 18.2 Å². The second-order valence-corrected chi connectivity index (χ2v) is 4.80. The number of phenols is 1. The Balaban J connectivity index is 3.10. The molecule has 4 N–H and O–H groups in total. The summed E-state index contributed by atoms with van der Waals surface area (Å²) in [7, 11) is 0. The Hall–Kier alpha value is -0.330. The molecule has 0 amide bonds. The third-order valence-corrected chi connectivity index (χ3v) is 2.88. The van der Waals surface area contributed by atoms with E-state index in [9.17, 15) is 5.11 Å². The first kappa shape index (κ1) is 11.7. The third kappa shape index (κ3) is 2.59. The minimum atomic E-state index is -0.681. The maximum atomic E-state index is 9.63. The van der Waals surface area contributed by atoms with Crippen LogP contribution in [0.25, 0.3) is 0 Å². The number of halogens is 1. The predicted molar refractivity (Wildman–Crippen MR) is 64.1 cm³/mol. The smallest absolute Gasteiger partial charge is 0.120 e.